The lowest BCUT2D eigenvalue weighted by Crippen LogP contribution is -2.12. The van der Waals surface area contributed by atoms with Crippen LogP contribution in [0, 0.1) is 17.3 Å². The molecule has 1 aliphatic rings. The highest BCUT2D eigenvalue weighted by atomic mass is 32.2. The van der Waals surface area contributed by atoms with Crippen LogP contribution in [-0.2, 0) is 0 Å². The summed E-state index contributed by atoms with van der Waals surface area (Å²) in [6.45, 7) is 0. The van der Waals surface area contributed by atoms with Crippen molar-refractivity contribution in [1.29, 1.82) is 5.26 Å². The van der Waals surface area contributed by atoms with Crippen LogP contribution in [0.3, 0.4) is 0 Å². The van der Waals surface area contributed by atoms with Crippen molar-refractivity contribution in [3.8, 4) is 6.19 Å². The Balaban J connectivity index is 2.48. The Morgan fingerprint density at radius 2 is 2.88 bits per heavy atom. The van der Waals surface area contributed by atoms with Crippen LogP contribution in [0.4, 0.5) is 0 Å². The lowest BCUT2D eigenvalue weighted by Gasteiger charge is -1.85. The van der Waals surface area contributed by atoms with Gasteiger partial charge in [-0.05, 0) is 0 Å². The Kier molecular flexibility index (Phi) is 1.75. The van der Waals surface area contributed by atoms with Crippen molar-refractivity contribution >= 4 is 17.6 Å². The summed E-state index contributed by atoms with van der Waals surface area (Å²) in [5.41, 5.74) is 0. The van der Waals surface area contributed by atoms with Crippen LogP contribution in [0.15, 0.2) is 4.99 Å². The monoisotopic (exact) mass is 126 g/mol. The maximum atomic E-state index is 8.03. The molecule has 0 unspecified atom stereocenters. The molecule has 3 nitrogen and oxygen atoms in total. The quantitative estimate of drug-likeness (QED) is 0.475. The summed E-state index contributed by atoms with van der Waals surface area (Å²) in [4.78, 5) is 3.48. The van der Waals surface area contributed by atoms with Gasteiger partial charge in [0.1, 0.15) is 11.7 Å². The van der Waals surface area contributed by atoms with Gasteiger partial charge in [0.2, 0.25) is 6.19 Å². The fourth-order valence-electron chi connectivity index (χ4n) is 0.397. The molecule has 1 fully saturated rings. The van der Waals surface area contributed by atoms with Gasteiger partial charge in [0.05, 0.1) is 5.75 Å². The first kappa shape index (κ1) is 5.45. The highest BCUT2D eigenvalue weighted by Gasteiger charge is 2.05. The van der Waals surface area contributed by atoms with Crippen LogP contribution >= 0.6 is 11.8 Å². The van der Waals surface area contributed by atoms with E-state index >= 15 is 0 Å². The Hall–Kier alpha value is -0.690. The molecule has 0 saturated carbocycles. The van der Waals surface area contributed by atoms with Crippen LogP contribution < -0.4 is 5.32 Å². The van der Waals surface area contributed by atoms with Crippen LogP contribution in [0.25, 0.3) is 0 Å². The Bertz CT molecular complexity index is 138. The standard InChI is InChI=1S/C4H4N3S/c5-2-6-4-1-8-3-7-4/h3H,1H2,(H,6,7). The van der Waals surface area contributed by atoms with E-state index in [4.69, 9.17) is 5.26 Å². The predicted molar refractivity (Wildman–Crippen MR) is 32.9 cm³/mol. The first-order valence-corrected chi connectivity index (χ1v) is 3.14. The van der Waals surface area contributed by atoms with E-state index in [1.165, 1.54) is 0 Å². The molecule has 1 rings (SSSR count). The zero-order chi connectivity index (χ0) is 5.82. The second-order valence-corrected chi connectivity index (χ2v) is 2.09. The molecule has 0 aromatic heterocycles. The summed E-state index contributed by atoms with van der Waals surface area (Å²) in [5, 5.41) is 10.8. The normalized spacial score (nSPS) is 22.6. The SMILES string of the molecule is N#C/N=C1\CS[CH]N1. The average molecular weight is 126 g/mol. The van der Waals surface area contributed by atoms with Crippen molar-refractivity contribution in [3.05, 3.63) is 5.88 Å². The third kappa shape index (κ3) is 1.14. The lowest BCUT2D eigenvalue weighted by molar-refractivity contribution is 1.24. The zero-order valence-corrected chi connectivity index (χ0v) is 4.90. The van der Waals surface area contributed by atoms with E-state index in [9.17, 15) is 0 Å². The summed E-state index contributed by atoms with van der Waals surface area (Å²) in [7, 11) is 0. The molecule has 1 aliphatic heterocycles. The molecule has 0 atom stereocenters. The van der Waals surface area contributed by atoms with Crippen LogP contribution in [0.1, 0.15) is 0 Å². The molecule has 1 radical (unpaired) electrons. The van der Waals surface area contributed by atoms with E-state index in [1.54, 1.807) is 18.0 Å². The molecule has 0 aromatic carbocycles. The highest BCUT2D eigenvalue weighted by Crippen LogP contribution is 2.08. The summed E-state index contributed by atoms with van der Waals surface area (Å²) < 4.78 is 0. The number of hydrogen-bond acceptors (Lipinski definition) is 3. The van der Waals surface area contributed by atoms with Crippen LogP contribution in [-0.4, -0.2) is 11.6 Å². The molecule has 4 heteroatoms. The number of rotatable bonds is 0. The van der Waals surface area contributed by atoms with Gasteiger partial charge < -0.3 is 5.32 Å². The second-order valence-electron chi connectivity index (χ2n) is 1.23. The van der Waals surface area contributed by atoms with Crippen molar-refractivity contribution < 1.29 is 0 Å². The fourth-order valence-corrected chi connectivity index (χ4v) is 1.01. The number of thioether (sulfide) groups is 1. The zero-order valence-electron chi connectivity index (χ0n) is 4.09. The summed E-state index contributed by atoms with van der Waals surface area (Å²) in [5.74, 6) is 3.36. The molecule has 0 bridgehead atoms. The molecule has 0 amide bonds. The number of aliphatic imine (C=N–C) groups is 1. The molecule has 1 saturated heterocycles. The Labute approximate surface area is 51.8 Å². The molecular formula is C4H4N3S. The highest BCUT2D eigenvalue weighted by molar-refractivity contribution is 8.02. The predicted octanol–water partition coefficient (Wildman–Crippen LogP) is 0.322. The van der Waals surface area contributed by atoms with E-state index in [0.717, 1.165) is 11.6 Å². The Morgan fingerprint density at radius 1 is 2.00 bits per heavy atom. The molecule has 41 valence electrons. The third-order valence-corrected chi connectivity index (χ3v) is 1.44. The number of nitrogens with one attached hydrogen (secondary N) is 1. The summed E-state index contributed by atoms with van der Waals surface area (Å²) in [6.07, 6.45) is 1.70. The number of nitriles is 1. The topological polar surface area (TPSA) is 48.2 Å². The summed E-state index contributed by atoms with van der Waals surface area (Å²) in [6, 6.07) is 0. The van der Waals surface area contributed by atoms with E-state index in [-0.39, 0.29) is 0 Å². The van der Waals surface area contributed by atoms with Crippen molar-refractivity contribution in [2.75, 3.05) is 5.75 Å². The number of hydrogen-bond donors (Lipinski definition) is 1. The van der Waals surface area contributed by atoms with Crippen molar-refractivity contribution in [1.82, 2.24) is 5.32 Å². The van der Waals surface area contributed by atoms with Gasteiger partial charge in [-0.2, -0.15) is 10.3 Å². The summed E-state index contributed by atoms with van der Waals surface area (Å²) >= 11 is 1.60. The van der Waals surface area contributed by atoms with E-state index in [2.05, 4.69) is 10.3 Å². The van der Waals surface area contributed by atoms with E-state index in [0.29, 0.717) is 0 Å². The van der Waals surface area contributed by atoms with Gasteiger partial charge in [-0.3, -0.25) is 0 Å². The molecule has 0 aliphatic carbocycles. The maximum absolute atomic E-state index is 8.03. The van der Waals surface area contributed by atoms with Gasteiger partial charge in [0, 0.05) is 0 Å². The lowest BCUT2D eigenvalue weighted by atomic mass is 10.7. The first-order chi connectivity index (χ1) is 3.93. The smallest absolute Gasteiger partial charge is 0.207 e. The fraction of sp³-hybridized carbons (Fsp3) is 0.250. The third-order valence-electron chi connectivity index (χ3n) is 0.714. The minimum absolute atomic E-state index is 0.748. The van der Waals surface area contributed by atoms with Gasteiger partial charge in [-0.15, -0.1) is 11.8 Å². The molecular weight excluding hydrogens is 122 g/mol. The van der Waals surface area contributed by atoms with Gasteiger partial charge in [0.25, 0.3) is 0 Å². The van der Waals surface area contributed by atoms with Crippen molar-refractivity contribution in [2.45, 2.75) is 0 Å². The van der Waals surface area contributed by atoms with Crippen molar-refractivity contribution in [2.24, 2.45) is 4.99 Å². The average Bonchev–Trinajstić information content (AvgIpc) is 2.19. The minimum Gasteiger partial charge on any atom is -0.358 e. The van der Waals surface area contributed by atoms with Gasteiger partial charge in [0.15, 0.2) is 0 Å². The molecule has 1 N–H and O–H groups in total. The second kappa shape index (κ2) is 2.58. The molecule has 1 heterocycles. The largest absolute Gasteiger partial charge is 0.358 e. The molecule has 8 heavy (non-hydrogen) atoms. The van der Waals surface area contributed by atoms with Gasteiger partial charge in [-0.1, -0.05) is 0 Å². The van der Waals surface area contributed by atoms with Crippen molar-refractivity contribution in [3.63, 3.8) is 0 Å². The minimum atomic E-state index is 0.748. The van der Waals surface area contributed by atoms with Crippen LogP contribution in [0.2, 0.25) is 0 Å². The number of amidine groups is 1. The maximum Gasteiger partial charge on any atom is 0.207 e. The first-order valence-electron chi connectivity index (χ1n) is 2.09. The number of nitrogens with zero attached hydrogens (tertiary/aromatic N) is 2. The Morgan fingerprint density at radius 3 is 3.38 bits per heavy atom. The van der Waals surface area contributed by atoms with Gasteiger partial charge >= 0.3 is 0 Å². The van der Waals surface area contributed by atoms with E-state index < -0.39 is 0 Å². The molecule has 0 spiro atoms. The van der Waals surface area contributed by atoms with E-state index in [1.807, 2.05) is 5.88 Å². The van der Waals surface area contributed by atoms with Gasteiger partial charge in [-0.25, -0.2) is 0 Å². The molecule has 0 aromatic rings. The van der Waals surface area contributed by atoms with Crippen LogP contribution in [0.5, 0.6) is 0 Å².